The SMILES string of the molecule is Cl.O=C(NC1CC2CCC(C1)N2)C1CC1c1ccc(Cl)cc1Cl. The van der Waals surface area contributed by atoms with E-state index in [2.05, 4.69) is 10.6 Å². The van der Waals surface area contributed by atoms with Crippen molar-refractivity contribution in [2.45, 2.75) is 56.1 Å². The molecule has 4 atom stereocenters. The number of benzene rings is 1. The van der Waals surface area contributed by atoms with E-state index in [1.807, 2.05) is 12.1 Å². The van der Waals surface area contributed by atoms with Gasteiger partial charge in [0.05, 0.1) is 0 Å². The van der Waals surface area contributed by atoms with Gasteiger partial charge in [0, 0.05) is 34.1 Å². The number of piperidine rings is 1. The van der Waals surface area contributed by atoms with Crippen molar-refractivity contribution in [3.05, 3.63) is 33.8 Å². The van der Waals surface area contributed by atoms with E-state index < -0.39 is 0 Å². The van der Waals surface area contributed by atoms with Crippen LogP contribution in [0.2, 0.25) is 10.0 Å². The van der Waals surface area contributed by atoms with Gasteiger partial charge in [-0.05, 0) is 55.7 Å². The molecule has 2 saturated heterocycles. The van der Waals surface area contributed by atoms with Crippen LogP contribution in [0.25, 0.3) is 0 Å². The smallest absolute Gasteiger partial charge is 0.223 e. The lowest BCUT2D eigenvalue weighted by Crippen LogP contribution is -2.48. The highest BCUT2D eigenvalue weighted by molar-refractivity contribution is 6.35. The van der Waals surface area contributed by atoms with Gasteiger partial charge < -0.3 is 10.6 Å². The van der Waals surface area contributed by atoms with Crippen LogP contribution in [0.4, 0.5) is 0 Å². The Morgan fingerprint density at radius 3 is 2.48 bits per heavy atom. The maximum absolute atomic E-state index is 12.5. The summed E-state index contributed by atoms with van der Waals surface area (Å²) < 4.78 is 0. The summed E-state index contributed by atoms with van der Waals surface area (Å²) in [6.45, 7) is 0. The number of hydrogen-bond donors (Lipinski definition) is 2. The maximum Gasteiger partial charge on any atom is 0.223 e. The van der Waals surface area contributed by atoms with Crippen molar-refractivity contribution < 1.29 is 4.79 Å². The van der Waals surface area contributed by atoms with Gasteiger partial charge in [0.15, 0.2) is 0 Å². The van der Waals surface area contributed by atoms with Crippen LogP contribution in [0.15, 0.2) is 18.2 Å². The van der Waals surface area contributed by atoms with Gasteiger partial charge in [-0.1, -0.05) is 29.3 Å². The van der Waals surface area contributed by atoms with Gasteiger partial charge in [-0.25, -0.2) is 0 Å². The summed E-state index contributed by atoms with van der Waals surface area (Å²) >= 11 is 12.2. The maximum atomic E-state index is 12.5. The molecule has 1 amide bonds. The second-order valence-electron chi connectivity index (χ2n) is 6.93. The molecule has 4 rings (SSSR count). The Balaban J connectivity index is 0.00000156. The molecular weight excluding hydrogens is 355 g/mol. The topological polar surface area (TPSA) is 41.1 Å². The average Bonchev–Trinajstić information content (AvgIpc) is 3.18. The van der Waals surface area contributed by atoms with E-state index in [1.54, 1.807) is 6.07 Å². The zero-order chi connectivity index (χ0) is 15.3. The van der Waals surface area contributed by atoms with E-state index in [9.17, 15) is 4.79 Å². The molecule has 1 aliphatic carbocycles. The minimum absolute atomic E-state index is 0. The van der Waals surface area contributed by atoms with E-state index in [-0.39, 0.29) is 30.2 Å². The lowest BCUT2D eigenvalue weighted by molar-refractivity contribution is -0.123. The molecule has 3 aliphatic rings. The Hall–Kier alpha value is -0.480. The Morgan fingerprint density at radius 1 is 1.13 bits per heavy atom. The Morgan fingerprint density at radius 2 is 1.83 bits per heavy atom. The normalized spacial score (nSPS) is 34.6. The summed E-state index contributed by atoms with van der Waals surface area (Å²) in [7, 11) is 0. The molecule has 1 aromatic rings. The van der Waals surface area contributed by atoms with Crippen molar-refractivity contribution in [3.8, 4) is 0 Å². The lowest BCUT2D eigenvalue weighted by Gasteiger charge is -2.29. The van der Waals surface area contributed by atoms with E-state index in [0.29, 0.717) is 28.2 Å². The number of fused-ring (bicyclic) bond motifs is 2. The summed E-state index contributed by atoms with van der Waals surface area (Å²) in [5.41, 5.74) is 1.05. The van der Waals surface area contributed by atoms with Crippen LogP contribution < -0.4 is 10.6 Å². The third-order valence-electron chi connectivity index (χ3n) is 5.31. The molecule has 2 heterocycles. The Kier molecular flexibility index (Phi) is 5.12. The fourth-order valence-corrected chi connectivity index (χ4v) is 4.66. The van der Waals surface area contributed by atoms with E-state index in [1.165, 1.54) is 12.8 Å². The van der Waals surface area contributed by atoms with Crippen LogP contribution in [0, 0.1) is 5.92 Å². The summed E-state index contributed by atoms with van der Waals surface area (Å²) in [5, 5.41) is 8.18. The quantitative estimate of drug-likeness (QED) is 0.841. The highest BCUT2D eigenvalue weighted by atomic mass is 35.5. The Labute approximate surface area is 152 Å². The van der Waals surface area contributed by atoms with Crippen molar-refractivity contribution in [3.63, 3.8) is 0 Å². The summed E-state index contributed by atoms with van der Waals surface area (Å²) in [6, 6.07) is 7.10. The predicted octanol–water partition coefficient (Wildman–Crippen LogP) is 3.92. The van der Waals surface area contributed by atoms with Crippen LogP contribution in [-0.4, -0.2) is 24.0 Å². The van der Waals surface area contributed by atoms with E-state index >= 15 is 0 Å². The molecule has 23 heavy (non-hydrogen) atoms. The standard InChI is InChI=1S/C17H20Cl2N2O.ClH/c18-9-1-4-13(16(19)5-9)14-8-15(14)17(22)21-12-6-10-2-3-11(7-12)20-10;/h1,4-5,10-12,14-15,20H,2-3,6-8H2,(H,21,22);1H. The second kappa shape index (κ2) is 6.79. The molecule has 3 fully saturated rings. The third-order valence-corrected chi connectivity index (χ3v) is 5.87. The van der Waals surface area contributed by atoms with Gasteiger partial charge >= 0.3 is 0 Å². The van der Waals surface area contributed by atoms with Gasteiger partial charge in [0.2, 0.25) is 5.91 Å². The van der Waals surface area contributed by atoms with Crippen molar-refractivity contribution in [2.24, 2.45) is 5.92 Å². The zero-order valence-corrected chi connectivity index (χ0v) is 15.1. The molecule has 1 aromatic carbocycles. The molecule has 2 N–H and O–H groups in total. The van der Waals surface area contributed by atoms with Crippen LogP contribution in [0.3, 0.4) is 0 Å². The largest absolute Gasteiger partial charge is 0.353 e. The number of hydrogen-bond acceptors (Lipinski definition) is 2. The molecule has 3 nitrogen and oxygen atoms in total. The van der Waals surface area contributed by atoms with Crippen molar-refractivity contribution >= 4 is 41.5 Å². The van der Waals surface area contributed by atoms with Crippen LogP contribution in [-0.2, 0) is 4.79 Å². The van der Waals surface area contributed by atoms with Gasteiger partial charge in [-0.2, -0.15) is 0 Å². The first-order valence-corrected chi connectivity index (χ1v) is 8.87. The number of carbonyl (C=O) groups is 1. The molecule has 1 saturated carbocycles. The number of amides is 1. The molecule has 126 valence electrons. The van der Waals surface area contributed by atoms with Gasteiger partial charge in [-0.15, -0.1) is 12.4 Å². The Bertz CT molecular complexity index is 598. The minimum Gasteiger partial charge on any atom is -0.353 e. The lowest BCUT2D eigenvalue weighted by atomic mass is 9.99. The fraction of sp³-hybridized carbons (Fsp3) is 0.588. The summed E-state index contributed by atoms with van der Waals surface area (Å²) in [6.07, 6.45) is 5.54. The van der Waals surface area contributed by atoms with Gasteiger partial charge in [-0.3, -0.25) is 4.79 Å². The molecule has 2 bridgehead atoms. The van der Waals surface area contributed by atoms with Crippen LogP contribution in [0.1, 0.15) is 43.6 Å². The number of halogens is 3. The number of rotatable bonds is 3. The summed E-state index contributed by atoms with van der Waals surface area (Å²) in [4.78, 5) is 12.5. The summed E-state index contributed by atoms with van der Waals surface area (Å²) in [5.74, 6) is 0.525. The molecule has 0 spiro atoms. The molecule has 6 heteroatoms. The minimum atomic E-state index is 0. The monoisotopic (exact) mass is 374 g/mol. The first-order valence-electron chi connectivity index (χ1n) is 8.11. The van der Waals surface area contributed by atoms with Crippen molar-refractivity contribution in [1.82, 2.24) is 10.6 Å². The highest BCUT2D eigenvalue weighted by Gasteiger charge is 2.46. The van der Waals surface area contributed by atoms with E-state index in [4.69, 9.17) is 23.2 Å². The molecule has 4 unspecified atom stereocenters. The fourth-order valence-electron chi connectivity index (χ4n) is 4.11. The number of carbonyl (C=O) groups excluding carboxylic acids is 1. The molecular formula is C17H21Cl3N2O. The van der Waals surface area contributed by atoms with Crippen molar-refractivity contribution in [2.75, 3.05) is 0 Å². The molecule has 0 aromatic heterocycles. The zero-order valence-electron chi connectivity index (χ0n) is 12.7. The van der Waals surface area contributed by atoms with Crippen LogP contribution in [0.5, 0.6) is 0 Å². The first-order chi connectivity index (χ1) is 10.6. The predicted molar refractivity (Wildman–Crippen MR) is 95.7 cm³/mol. The van der Waals surface area contributed by atoms with Crippen molar-refractivity contribution in [1.29, 1.82) is 0 Å². The molecule has 0 radical (unpaired) electrons. The third kappa shape index (κ3) is 3.63. The number of nitrogens with one attached hydrogen (secondary N) is 2. The average molecular weight is 376 g/mol. The highest BCUT2D eigenvalue weighted by Crippen LogP contribution is 2.50. The van der Waals surface area contributed by atoms with Gasteiger partial charge in [0.25, 0.3) is 0 Å². The van der Waals surface area contributed by atoms with Gasteiger partial charge in [0.1, 0.15) is 0 Å². The van der Waals surface area contributed by atoms with Crippen LogP contribution >= 0.6 is 35.6 Å². The molecule has 2 aliphatic heterocycles. The van der Waals surface area contributed by atoms with E-state index in [0.717, 1.165) is 24.8 Å². The first kappa shape index (κ1) is 17.3. The second-order valence-corrected chi connectivity index (χ2v) is 7.77.